The topological polar surface area (TPSA) is 105 Å². The van der Waals surface area contributed by atoms with Crippen LogP contribution in [0.5, 0.6) is 0 Å². The average molecular weight is 506 g/mol. The van der Waals surface area contributed by atoms with Crippen LogP contribution in [0, 0.1) is 6.92 Å². The Kier molecular flexibility index (Phi) is 7.68. The van der Waals surface area contributed by atoms with Crippen molar-refractivity contribution in [3.8, 4) is 11.1 Å². The maximum Gasteiger partial charge on any atom is 0.284 e. The van der Waals surface area contributed by atoms with Crippen molar-refractivity contribution in [2.75, 3.05) is 19.4 Å². The van der Waals surface area contributed by atoms with Crippen molar-refractivity contribution in [2.45, 2.75) is 18.2 Å². The molecule has 0 aliphatic carbocycles. The minimum atomic E-state index is -4.12. The van der Waals surface area contributed by atoms with E-state index in [4.69, 9.17) is 23.2 Å². The number of aryl methyl sites for hydroxylation is 1. The number of anilines is 1. The molecule has 1 heterocycles. The van der Waals surface area contributed by atoms with Gasteiger partial charge in [0.1, 0.15) is 6.34 Å². The molecule has 1 amide bonds. The van der Waals surface area contributed by atoms with E-state index in [2.05, 4.69) is 19.7 Å². The van der Waals surface area contributed by atoms with Crippen molar-refractivity contribution in [3.05, 3.63) is 70.2 Å². The minimum absolute atomic E-state index is 0.0341. The minimum Gasteiger partial charge on any atom is -0.368 e. The monoisotopic (exact) mass is 505 g/mol. The molecule has 0 aliphatic heterocycles. The quantitative estimate of drug-likeness (QED) is 0.292. The number of amides is 1. The predicted molar refractivity (Wildman–Crippen MR) is 130 cm³/mol. The van der Waals surface area contributed by atoms with Crippen LogP contribution in [0.1, 0.15) is 11.3 Å². The molecule has 1 aromatic heterocycles. The molecule has 0 fully saturated rings. The van der Waals surface area contributed by atoms with E-state index < -0.39 is 10.0 Å². The first kappa shape index (κ1) is 24.6. The summed E-state index contributed by atoms with van der Waals surface area (Å²) in [5.41, 5.74) is 2.27. The van der Waals surface area contributed by atoms with Crippen LogP contribution in [0.3, 0.4) is 0 Å². The highest BCUT2D eigenvalue weighted by Gasteiger charge is 2.22. The summed E-state index contributed by atoms with van der Waals surface area (Å²) in [6.07, 6.45) is 2.67. The van der Waals surface area contributed by atoms with Gasteiger partial charge in [-0.1, -0.05) is 35.9 Å². The number of rotatable bonds is 7. The molecule has 1 N–H and O–H groups in total. The van der Waals surface area contributed by atoms with E-state index >= 15 is 0 Å². The van der Waals surface area contributed by atoms with Crippen LogP contribution >= 0.6 is 23.2 Å². The highest BCUT2D eigenvalue weighted by atomic mass is 35.5. The Labute approximate surface area is 202 Å². The van der Waals surface area contributed by atoms with E-state index in [0.29, 0.717) is 33.1 Å². The molecule has 0 unspecified atom stereocenters. The molecule has 11 heteroatoms. The number of carbonyl (C=O) groups excluding carboxylic acids is 1. The van der Waals surface area contributed by atoms with Gasteiger partial charge in [-0.05, 0) is 42.3 Å². The fraction of sp³-hybridized carbons (Fsp3) is 0.182. The number of sulfonamides is 1. The van der Waals surface area contributed by atoms with E-state index in [1.165, 1.54) is 23.5 Å². The molecule has 33 heavy (non-hydrogen) atoms. The second-order valence-corrected chi connectivity index (χ2v) is 9.67. The van der Waals surface area contributed by atoms with Gasteiger partial charge in [0.15, 0.2) is 0 Å². The Morgan fingerprint density at radius 1 is 1.15 bits per heavy atom. The van der Waals surface area contributed by atoms with Crippen LogP contribution in [0.2, 0.25) is 10.3 Å². The Morgan fingerprint density at radius 3 is 2.55 bits per heavy atom. The molecule has 3 aromatic rings. The van der Waals surface area contributed by atoms with Crippen LogP contribution in [0.25, 0.3) is 11.1 Å². The number of carbonyl (C=O) groups is 1. The summed E-state index contributed by atoms with van der Waals surface area (Å²) < 4.78 is 29.9. The lowest BCUT2D eigenvalue weighted by Gasteiger charge is -2.13. The molecule has 0 atom stereocenters. The Bertz CT molecular complexity index is 1330. The zero-order valence-corrected chi connectivity index (χ0v) is 20.4. The number of hydrogen-bond donors (Lipinski definition) is 1. The van der Waals surface area contributed by atoms with Crippen molar-refractivity contribution in [1.29, 1.82) is 0 Å². The molecule has 0 saturated heterocycles. The van der Waals surface area contributed by atoms with Gasteiger partial charge in [0.05, 0.1) is 17.0 Å². The van der Waals surface area contributed by atoms with E-state index in [9.17, 15) is 13.2 Å². The second-order valence-electron chi connectivity index (χ2n) is 7.32. The largest absolute Gasteiger partial charge is 0.368 e. The van der Waals surface area contributed by atoms with Crippen LogP contribution in [0.4, 0.5) is 5.69 Å². The van der Waals surface area contributed by atoms with E-state index in [1.807, 2.05) is 0 Å². The zero-order valence-electron chi connectivity index (χ0n) is 18.1. The molecular formula is C22H21Cl2N5O3S. The van der Waals surface area contributed by atoms with Gasteiger partial charge in [0.25, 0.3) is 10.0 Å². The standard InChI is InChI=1S/C22H21Cl2N5O3S/c1-14-18(12-25-22(24)27-14)17-9-8-16(11-20(17)33(31,32)26-13-29(2)3)28-21(30)10-15-6-4-5-7-19(15)23/h4-9,11-13H,10H2,1-3H3,(H,28,30). The SMILES string of the molecule is Cc1nc(Cl)ncc1-c1ccc(NC(=O)Cc2ccccc2Cl)cc1S(=O)(=O)N=CN(C)C. The van der Waals surface area contributed by atoms with Gasteiger partial charge in [-0.3, -0.25) is 4.79 Å². The van der Waals surface area contributed by atoms with Gasteiger partial charge in [-0.25, -0.2) is 9.97 Å². The van der Waals surface area contributed by atoms with Gasteiger partial charge in [0.2, 0.25) is 11.2 Å². The predicted octanol–water partition coefficient (Wildman–Crippen LogP) is 4.22. The molecule has 172 valence electrons. The summed E-state index contributed by atoms with van der Waals surface area (Å²) in [5, 5.41) is 3.25. The number of nitrogens with one attached hydrogen (secondary N) is 1. The highest BCUT2D eigenvalue weighted by Crippen LogP contribution is 2.32. The van der Waals surface area contributed by atoms with Crippen molar-refractivity contribution >= 4 is 51.2 Å². The maximum atomic E-state index is 13.1. The smallest absolute Gasteiger partial charge is 0.284 e. The summed E-state index contributed by atoms with van der Waals surface area (Å²) in [6, 6.07) is 11.5. The third-order valence-corrected chi connectivity index (χ3v) is 6.33. The maximum absolute atomic E-state index is 13.1. The van der Waals surface area contributed by atoms with Crippen LogP contribution < -0.4 is 5.32 Å². The zero-order chi connectivity index (χ0) is 24.2. The van der Waals surface area contributed by atoms with E-state index in [-0.39, 0.29) is 22.5 Å². The van der Waals surface area contributed by atoms with Gasteiger partial charge in [0, 0.05) is 42.1 Å². The Balaban J connectivity index is 2.02. The van der Waals surface area contributed by atoms with Crippen molar-refractivity contribution in [3.63, 3.8) is 0 Å². The molecule has 8 nitrogen and oxygen atoms in total. The Hall–Kier alpha value is -3.01. The lowest BCUT2D eigenvalue weighted by molar-refractivity contribution is -0.115. The molecule has 0 radical (unpaired) electrons. The van der Waals surface area contributed by atoms with Crippen molar-refractivity contribution in [1.82, 2.24) is 14.9 Å². The van der Waals surface area contributed by atoms with Gasteiger partial charge < -0.3 is 10.2 Å². The molecule has 0 bridgehead atoms. The van der Waals surface area contributed by atoms with Crippen LogP contribution in [-0.2, 0) is 21.2 Å². The van der Waals surface area contributed by atoms with Gasteiger partial charge in [-0.2, -0.15) is 8.42 Å². The first-order chi connectivity index (χ1) is 15.6. The van der Waals surface area contributed by atoms with Crippen LogP contribution in [0.15, 0.2) is 58.0 Å². The molecule has 0 saturated carbocycles. The third-order valence-electron chi connectivity index (χ3n) is 4.51. The van der Waals surface area contributed by atoms with E-state index in [0.717, 1.165) is 0 Å². The van der Waals surface area contributed by atoms with Crippen LogP contribution in [-0.4, -0.2) is 49.6 Å². The van der Waals surface area contributed by atoms with Gasteiger partial charge >= 0.3 is 0 Å². The molecule has 0 spiro atoms. The molecule has 2 aromatic carbocycles. The summed E-state index contributed by atoms with van der Waals surface area (Å²) in [4.78, 5) is 22.0. The number of aromatic nitrogens is 2. The van der Waals surface area contributed by atoms with Gasteiger partial charge in [-0.15, -0.1) is 4.40 Å². The second kappa shape index (κ2) is 10.3. The summed E-state index contributed by atoms with van der Waals surface area (Å²) in [7, 11) is -0.808. The third kappa shape index (κ3) is 6.28. The lowest BCUT2D eigenvalue weighted by atomic mass is 10.1. The summed E-state index contributed by atoms with van der Waals surface area (Å²) in [6.45, 7) is 1.70. The fourth-order valence-corrected chi connectivity index (χ4v) is 4.51. The van der Waals surface area contributed by atoms with E-state index in [1.54, 1.807) is 57.4 Å². The lowest BCUT2D eigenvalue weighted by Crippen LogP contribution is -2.15. The fourth-order valence-electron chi connectivity index (χ4n) is 2.97. The summed E-state index contributed by atoms with van der Waals surface area (Å²) >= 11 is 12.0. The van der Waals surface area contributed by atoms with Crippen molar-refractivity contribution in [2.24, 2.45) is 4.40 Å². The number of hydrogen-bond acceptors (Lipinski definition) is 5. The summed E-state index contributed by atoms with van der Waals surface area (Å²) in [5.74, 6) is -0.345. The molecular weight excluding hydrogens is 485 g/mol. The molecule has 0 aliphatic rings. The van der Waals surface area contributed by atoms with Crippen molar-refractivity contribution < 1.29 is 13.2 Å². The first-order valence-corrected chi connectivity index (χ1v) is 11.9. The number of nitrogens with zero attached hydrogens (tertiary/aromatic N) is 4. The normalized spacial score (nSPS) is 11.5. The average Bonchev–Trinajstić information content (AvgIpc) is 2.74. The highest BCUT2D eigenvalue weighted by molar-refractivity contribution is 7.90. The Morgan fingerprint density at radius 2 is 1.88 bits per heavy atom. The first-order valence-electron chi connectivity index (χ1n) is 9.70. The molecule has 3 rings (SSSR count). The number of halogens is 2. The number of benzene rings is 2.